The van der Waals surface area contributed by atoms with Crippen LogP contribution < -0.4 is 10.9 Å². The summed E-state index contributed by atoms with van der Waals surface area (Å²) in [5, 5.41) is 12.4. The first kappa shape index (κ1) is 24.9. The molecule has 6 nitrogen and oxygen atoms in total. The number of aliphatic hydroxyl groups excluding tert-OH is 1. The predicted octanol–water partition coefficient (Wildman–Crippen LogP) is 3.71. The largest absolute Gasteiger partial charge is 0.403 e. The molecule has 1 fully saturated rings. The minimum atomic E-state index is -0.544. The zero-order valence-electron chi connectivity index (χ0n) is 16.5. The van der Waals surface area contributed by atoms with Gasteiger partial charge in [-0.1, -0.05) is 19.1 Å². The Labute approximate surface area is 165 Å². The lowest BCUT2D eigenvalue weighted by molar-refractivity contribution is 0.0961. The van der Waals surface area contributed by atoms with Gasteiger partial charge in [-0.25, -0.2) is 9.79 Å². The van der Waals surface area contributed by atoms with E-state index in [4.69, 9.17) is 9.52 Å². The van der Waals surface area contributed by atoms with Crippen molar-refractivity contribution in [2.75, 3.05) is 19.9 Å². The smallest absolute Gasteiger partial charge is 0.337 e. The van der Waals surface area contributed by atoms with E-state index in [1.807, 2.05) is 0 Å². The zero-order chi connectivity index (χ0) is 20.8. The molecule has 1 aromatic rings. The van der Waals surface area contributed by atoms with Crippen LogP contribution in [0.15, 0.2) is 44.4 Å². The molecule has 0 spiro atoms. The standard InChI is InChI=1S/C9H10N2O3.C8H14S.C3H6O/c1-5-4-6(12)14-9(11-3)7(5)8(13)10-2;1-7-5-8(6-7)3-4-9-2;1-2-3-4/h4H,3H2,1-2H3,(H,10,13);3-4,7-8H,5-6H2,1-2H3;2,4H,1,3H2/b;4-3+;. The van der Waals surface area contributed by atoms with Crippen LogP contribution in [-0.4, -0.2) is 37.6 Å². The van der Waals surface area contributed by atoms with E-state index in [0.717, 1.165) is 11.8 Å². The molecule has 0 unspecified atom stereocenters. The molecule has 7 heteroatoms. The highest BCUT2D eigenvalue weighted by atomic mass is 32.2. The Hall–Kier alpha value is -2.12. The molecule has 2 rings (SSSR count). The summed E-state index contributed by atoms with van der Waals surface area (Å²) in [6.07, 6.45) is 8.71. The molecule has 0 aliphatic heterocycles. The van der Waals surface area contributed by atoms with Crippen LogP contribution in [0, 0.1) is 18.8 Å². The van der Waals surface area contributed by atoms with Crippen molar-refractivity contribution < 1.29 is 14.3 Å². The van der Waals surface area contributed by atoms with Crippen LogP contribution in [0.3, 0.4) is 0 Å². The van der Waals surface area contributed by atoms with Gasteiger partial charge >= 0.3 is 5.63 Å². The number of hydrogen-bond donors (Lipinski definition) is 2. The summed E-state index contributed by atoms with van der Waals surface area (Å²) in [5.74, 6) is 1.50. The summed E-state index contributed by atoms with van der Waals surface area (Å²) in [6, 6.07) is 1.24. The molecule has 1 aliphatic carbocycles. The van der Waals surface area contributed by atoms with Crippen molar-refractivity contribution in [1.29, 1.82) is 0 Å². The van der Waals surface area contributed by atoms with Gasteiger partial charge in [0.05, 0.1) is 6.61 Å². The molecule has 0 saturated heterocycles. The maximum Gasteiger partial charge on any atom is 0.337 e. The van der Waals surface area contributed by atoms with Crippen LogP contribution in [0.1, 0.15) is 35.7 Å². The van der Waals surface area contributed by atoms with Gasteiger partial charge in [-0.2, -0.15) is 0 Å². The molecule has 0 aromatic carbocycles. The molecule has 27 heavy (non-hydrogen) atoms. The highest BCUT2D eigenvalue weighted by Crippen LogP contribution is 2.34. The van der Waals surface area contributed by atoms with E-state index < -0.39 is 5.63 Å². The second-order valence-corrected chi connectivity index (χ2v) is 6.78. The molecule has 0 bridgehead atoms. The van der Waals surface area contributed by atoms with Gasteiger partial charge in [0.1, 0.15) is 5.56 Å². The monoisotopic (exact) mass is 394 g/mol. The number of aliphatic imine (C=N–C) groups is 1. The third-order valence-electron chi connectivity index (χ3n) is 3.76. The van der Waals surface area contributed by atoms with Gasteiger partial charge in [-0.3, -0.25) is 4.79 Å². The minimum Gasteiger partial charge on any atom is -0.403 e. The Balaban J connectivity index is 0.000000444. The van der Waals surface area contributed by atoms with Crippen LogP contribution in [-0.2, 0) is 0 Å². The molecule has 1 amide bonds. The number of carbonyl (C=O) groups excluding carboxylic acids is 1. The number of rotatable bonds is 5. The summed E-state index contributed by atoms with van der Waals surface area (Å²) in [4.78, 5) is 25.8. The van der Waals surface area contributed by atoms with Crippen molar-refractivity contribution in [2.24, 2.45) is 16.8 Å². The van der Waals surface area contributed by atoms with Crippen LogP contribution >= 0.6 is 11.8 Å². The van der Waals surface area contributed by atoms with E-state index in [-0.39, 0.29) is 24.0 Å². The number of aliphatic hydroxyl groups is 1. The average molecular weight is 395 g/mol. The number of aryl methyl sites for hydroxylation is 1. The lowest BCUT2D eigenvalue weighted by Gasteiger charge is -2.29. The van der Waals surface area contributed by atoms with Gasteiger partial charge in [0, 0.05) is 13.1 Å². The second-order valence-electron chi connectivity index (χ2n) is 6.04. The summed E-state index contributed by atoms with van der Waals surface area (Å²) in [6.45, 7) is 10.5. The van der Waals surface area contributed by atoms with E-state index in [0.29, 0.717) is 5.56 Å². The van der Waals surface area contributed by atoms with Gasteiger partial charge < -0.3 is 14.8 Å². The lowest BCUT2D eigenvalue weighted by atomic mass is 9.76. The molecule has 0 radical (unpaired) electrons. The van der Waals surface area contributed by atoms with Gasteiger partial charge in [0.2, 0.25) is 5.88 Å². The molecule has 1 saturated carbocycles. The summed E-state index contributed by atoms with van der Waals surface area (Å²) in [7, 11) is 1.49. The van der Waals surface area contributed by atoms with Crippen LogP contribution in [0.2, 0.25) is 0 Å². The zero-order valence-corrected chi connectivity index (χ0v) is 17.3. The molecular formula is C20H30N2O4S. The Morgan fingerprint density at radius 2 is 2.11 bits per heavy atom. The maximum atomic E-state index is 11.4. The summed E-state index contributed by atoms with van der Waals surface area (Å²) in [5.41, 5.74) is 0.211. The summed E-state index contributed by atoms with van der Waals surface area (Å²) < 4.78 is 4.72. The van der Waals surface area contributed by atoms with E-state index in [9.17, 15) is 9.59 Å². The fourth-order valence-corrected chi connectivity index (χ4v) is 2.80. The Bertz CT molecular complexity index is 692. The maximum absolute atomic E-state index is 11.4. The van der Waals surface area contributed by atoms with E-state index in [1.54, 1.807) is 18.7 Å². The van der Waals surface area contributed by atoms with Crippen molar-refractivity contribution in [1.82, 2.24) is 5.32 Å². The van der Waals surface area contributed by atoms with E-state index in [1.165, 1.54) is 32.0 Å². The number of hydrogen-bond acceptors (Lipinski definition) is 6. The molecule has 150 valence electrons. The summed E-state index contributed by atoms with van der Waals surface area (Å²) >= 11 is 1.80. The van der Waals surface area contributed by atoms with Crippen molar-refractivity contribution in [3.8, 4) is 0 Å². The SMILES string of the molecule is C=CCO.C=Nc1oc(=O)cc(C)c1C(=O)NC.CS/C=C/C1CC(C)C1. The Morgan fingerprint density at radius 3 is 2.52 bits per heavy atom. The molecule has 1 heterocycles. The quantitative estimate of drug-likeness (QED) is 0.587. The fourth-order valence-electron chi connectivity index (χ4n) is 2.42. The molecular weight excluding hydrogens is 364 g/mol. The Kier molecular flexibility index (Phi) is 12.9. The van der Waals surface area contributed by atoms with Crippen molar-refractivity contribution in [3.05, 3.63) is 51.8 Å². The third kappa shape index (κ3) is 9.40. The second kappa shape index (κ2) is 14.0. The number of carbonyl (C=O) groups is 1. The van der Waals surface area contributed by atoms with Crippen molar-refractivity contribution in [3.63, 3.8) is 0 Å². The van der Waals surface area contributed by atoms with Crippen LogP contribution in [0.25, 0.3) is 0 Å². The first-order valence-corrected chi connectivity index (χ1v) is 9.88. The normalized spacial score (nSPS) is 17.5. The fraction of sp³-hybridized carbons (Fsp3) is 0.450. The predicted molar refractivity (Wildman–Crippen MR) is 114 cm³/mol. The van der Waals surface area contributed by atoms with E-state index in [2.05, 4.69) is 48.3 Å². The number of nitrogens with one attached hydrogen (secondary N) is 1. The number of amides is 1. The Morgan fingerprint density at radius 1 is 1.52 bits per heavy atom. The van der Waals surface area contributed by atoms with Gasteiger partial charge in [-0.05, 0) is 55.5 Å². The molecule has 1 aliphatic rings. The number of thioether (sulfide) groups is 1. The first-order valence-electron chi connectivity index (χ1n) is 8.59. The van der Waals surface area contributed by atoms with Crippen molar-refractivity contribution in [2.45, 2.75) is 26.7 Å². The minimum absolute atomic E-state index is 0.0469. The van der Waals surface area contributed by atoms with Gasteiger partial charge in [0.15, 0.2) is 0 Å². The lowest BCUT2D eigenvalue weighted by Crippen LogP contribution is -2.20. The van der Waals surface area contributed by atoms with E-state index >= 15 is 0 Å². The van der Waals surface area contributed by atoms with Gasteiger partial charge in [0.25, 0.3) is 5.91 Å². The third-order valence-corrected chi connectivity index (χ3v) is 4.19. The van der Waals surface area contributed by atoms with Crippen LogP contribution in [0.5, 0.6) is 0 Å². The highest BCUT2D eigenvalue weighted by Gasteiger charge is 2.22. The molecule has 1 aromatic heterocycles. The molecule has 2 N–H and O–H groups in total. The van der Waals surface area contributed by atoms with Crippen molar-refractivity contribution >= 4 is 30.3 Å². The number of allylic oxidation sites excluding steroid dienone is 1. The average Bonchev–Trinajstić information content (AvgIpc) is 2.63. The van der Waals surface area contributed by atoms with Crippen LogP contribution in [0.4, 0.5) is 5.88 Å². The topological polar surface area (TPSA) is 91.9 Å². The first-order chi connectivity index (χ1) is 12.8. The molecule has 0 atom stereocenters. The van der Waals surface area contributed by atoms with Gasteiger partial charge in [-0.15, -0.1) is 18.3 Å². The number of nitrogens with zero attached hydrogens (tertiary/aromatic N) is 1. The highest BCUT2D eigenvalue weighted by molar-refractivity contribution is 8.01.